The van der Waals surface area contributed by atoms with Crippen LogP contribution in [0.4, 0.5) is 15.9 Å². The number of carbonyl (C=O) groups is 2. The number of carbonyl (C=O) groups excluding carboxylic acids is 2. The van der Waals surface area contributed by atoms with E-state index in [-0.39, 0.29) is 18.0 Å². The Labute approximate surface area is 172 Å². The Hall–Kier alpha value is -3.68. The number of aromatic nitrogens is 2. The van der Waals surface area contributed by atoms with Crippen LogP contribution in [0.3, 0.4) is 0 Å². The molecule has 0 radical (unpaired) electrons. The van der Waals surface area contributed by atoms with Gasteiger partial charge < -0.3 is 15.4 Å². The molecule has 8 heteroatoms. The van der Waals surface area contributed by atoms with Crippen LogP contribution in [-0.4, -0.2) is 28.7 Å². The van der Waals surface area contributed by atoms with Gasteiger partial charge >= 0.3 is 0 Å². The minimum atomic E-state index is -0.809. The van der Waals surface area contributed by atoms with Crippen LogP contribution in [0.25, 0.3) is 11.1 Å². The van der Waals surface area contributed by atoms with Crippen molar-refractivity contribution in [1.29, 1.82) is 0 Å². The van der Waals surface area contributed by atoms with Crippen LogP contribution >= 0.6 is 0 Å². The highest BCUT2D eigenvalue weighted by Gasteiger charge is 2.36. The number of amides is 2. The second-order valence-electron chi connectivity index (χ2n) is 6.94. The van der Waals surface area contributed by atoms with Crippen LogP contribution in [0.1, 0.15) is 25.1 Å². The average molecular weight is 408 g/mol. The van der Waals surface area contributed by atoms with Crippen LogP contribution in [0.15, 0.2) is 48.5 Å². The Morgan fingerprint density at radius 1 is 1.27 bits per heavy atom. The fourth-order valence-corrected chi connectivity index (χ4v) is 3.59. The molecule has 2 aromatic carbocycles. The van der Waals surface area contributed by atoms with Gasteiger partial charge in [0.05, 0.1) is 24.9 Å². The number of benzene rings is 2. The predicted octanol–water partition coefficient (Wildman–Crippen LogP) is 3.78. The number of aryl methyl sites for hydroxylation is 1. The van der Waals surface area contributed by atoms with Crippen molar-refractivity contribution in [2.24, 2.45) is 0 Å². The van der Waals surface area contributed by atoms with Gasteiger partial charge in [-0.05, 0) is 36.2 Å². The highest BCUT2D eigenvalue weighted by Crippen LogP contribution is 2.39. The predicted molar refractivity (Wildman–Crippen MR) is 111 cm³/mol. The number of anilines is 2. The number of fused-ring (bicyclic) bond motifs is 1. The first-order chi connectivity index (χ1) is 14.5. The van der Waals surface area contributed by atoms with Gasteiger partial charge in [0.15, 0.2) is 0 Å². The van der Waals surface area contributed by atoms with Crippen molar-refractivity contribution in [3.05, 3.63) is 60.0 Å². The van der Waals surface area contributed by atoms with E-state index in [2.05, 4.69) is 15.7 Å². The van der Waals surface area contributed by atoms with Gasteiger partial charge in [0, 0.05) is 5.56 Å². The van der Waals surface area contributed by atoms with E-state index in [1.54, 1.807) is 17.9 Å². The summed E-state index contributed by atoms with van der Waals surface area (Å²) in [6.07, 6.45) is 0.492. The van der Waals surface area contributed by atoms with Crippen LogP contribution in [0.5, 0.6) is 5.75 Å². The molecule has 0 aliphatic carbocycles. The van der Waals surface area contributed by atoms with Crippen molar-refractivity contribution in [2.75, 3.05) is 17.7 Å². The zero-order valence-electron chi connectivity index (χ0n) is 16.6. The first-order valence-electron chi connectivity index (χ1n) is 9.62. The zero-order valence-corrected chi connectivity index (χ0v) is 16.6. The molecule has 4 rings (SSSR count). The molecule has 1 aliphatic rings. The van der Waals surface area contributed by atoms with Crippen molar-refractivity contribution >= 4 is 23.3 Å². The molecule has 0 saturated carbocycles. The van der Waals surface area contributed by atoms with E-state index in [9.17, 15) is 14.0 Å². The van der Waals surface area contributed by atoms with Crippen molar-refractivity contribution in [3.8, 4) is 16.9 Å². The van der Waals surface area contributed by atoms with E-state index < -0.39 is 17.8 Å². The number of para-hydroxylation sites is 1. The summed E-state index contributed by atoms with van der Waals surface area (Å²) in [4.78, 5) is 25.1. The number of halogens is 1. The molecule has 3 aromatic rings. The highest BCUT2D eigenvalue weighted by atomic mass is 19.1. The minimum Gasteiger partial charge on any atom is -0.497 e. The lowest BCUT2D eigenvalue weighted by Crippen LogP contribution is -2.24. The third-order valence-electron chi connectivity index (χ3n) is 5.04. The maximum absolute atomic E-state index is 13.8. The average Bonchev–Trinajstić information content (AvgIpc) is 3.25. The second-order valence-corrected chi connectivity index (χ2v) is 6.94. The van der Waals surface area contributed by atoms with E-state index in [4.69, 9.17) is 4.74 Å². The van der Waals surface area contributed by atoms with Crippen molar-refractivity contribution < 1.29 is 18.7 Å². The van der Waals surface area contributed by atoms with E-state index >= 15 is 0 Å². The molecule has 154 valence electrons. The minimum absolute atomic E-state index is 0.0768. The molecule has 1 unspecified atom stereocenters. The van der Waals surface area contributed by atoms with Crippen LogP contribution in [0.2, 0.25) is 0 Å². The van der Waals surface area contributed by atoms with Crippen molar-refractivity contribution in [3.63, 3.8) is 0 Å². The summed E-state index contributed by atoms with van der Waals surface area (Å²) in [5, 5.41) is 9.96. The lowest BCUT2D eigenvalue weighted by Gasteiger charge is -2.10. The van der Waals surface area contributed by atoms with Gasteiger partial charge in [0.1, 0.15) is 23.4 Å². The standard InChI is InChI=1S/C22H21FN4O3/c1-3-16-20(13-7-6-8-14(11-13)30-2)21-25-22(29)18(27(21)26-16)12-19(28)24-17-10-5-4-9-15(17)23/h4-11,18H,3,12H2,1-2H3,(H,24,28)(H,25,29). The highest BCUT2D eigenvalue weighted by molar-refractivity contribution is 6.04. The summed E-state index contributed by atoms with van der Waals surface area (Å²) < 4.78 is 20.7. The number of methoxy groups -OCH3 is 1. The van der Waals surface area contributed by atoms with Gasteiger partial charge in [-0.15, -0.1) is 0 Å². The maximum atomic E-state index is 13.8. The smallest absolute Gasteiger partial charge is 0.251 e. The summed E-state index contributed by atoms with van der Waals surface area (Å²) in [6.45, 7) is 1.98. The summed E-state index contributed by atoms with van der Waals surface area (Å²) in [5.74, 6) is -0.0823. The van der Waals surface area contributed by atoms with Gasteiger partial charge in [0.25, 0.3) is 5.91 Å². The first-order valence-corrected chi connectivity index (χ1v) is 9.62. The fourth-order valence-electron chi connectivity index (χ4n) is 3.59. The monoisotopic (exact) mass is 408 g/mol. The Morgan fingerprint density at radius 3 is 2.80 bits per heavy atom. The third-order valence-corrected chi connectivity index (χ3v) is 5.04. The maximum Gasteiger partial charge on any atom is 0.251 e. The molecule has 2 N–H and O–H groups in total. The van der Waals surface area contributed by atoms with E-state index in [0.29, 0.717) is 18.0 Å². The quantitative estimate of drug-likeness (QED) is 0.650. The number of ether oxygens (including phenoxy) is 1. The number of hydrogen-bond acceptors (Lipinski definition) is 4. The summed E-state index contributed by atoms with van der Waals surface area (Å²) in [7, 11) is 1.59. The first kappa shape index (κ1) is 19.6. The lowest BCUT2D eigenvalue weighted by atomic mass is 10.0. The lowest BCUT2D eigenvalue weighted by molar-refractivity contribution is -0.123. The Morgan fingerprint density at radius 2 is 2.07 bits per heavy atom. The molecule has 2 heterocycles. The second kappa shape index (κ2) is 7.98. The van der Waals surface area contributed by atoms with Gasteiger partial charge in [-0.3, -0.25) is 9.59 Å². The summed E-state index contributed by atoms with van der Waals surface area (Å²) >= 11 is 0. The Bertz CT molecular complexity index is 1130. The topological polar surface area (TPSA) is 85.2 Å². The van der Waals surface area contributed by atoms with Crippen molar-refractivity contribution in [2.45, 2.75) is 25.8 Å². The number of rotatable bonds is 6. The number of hydrogen-bond donors (Lipinski definition) is 2. The molecule has 2 amide bonds. The largest absolute Gasteiger partial charge is 0.497 e. The number of nitrogens with zero attached hydrogens (tertiary/aromatic N) is 2. The molecule has 7 nitrogen and oxygen atoms in total. The van der Waals surface area contributed by atoms with E-state index in [1.807, 2.05) is 31.2 Å². The Kier molecular flexibility index (Phi) is 5.22. The third kappa shape index (κ3) is 3.52. The molecule has 0 saturated heterocycles. The normalized spacial score (nSPS) is 14.9. The molecule has 1 atom stereocenters. The molecule has 30 heavy (non-hydrogen) atoms. The fraction of sp³-hybridized carbons (Fsp3) is 0.227. The van der Waals surface area contributed by atoms with Crippen LogP contribution in [-0.2, 0) is 16.0 Å². The van der Waals surface area contributed by atoms with Crippen LogP contribution in [0, 0.1) is 5.82 Å². The molecule has 0 fully saturated rings. The molecule has 0 spiro atoms. The van der Waals surface area contributed by atoms with Crippen LogP contribution < -0.4 is 15.4 Å². The SMILES string of the molecule is CCc1nn2c(c1-c1cccc(OC)c1)NC(=O)C2CC(=O)Nc1ccccc1F. The van der Waals surface area contributed by atoms with Gasteiger partial charge in [0.2, 0.25) is 5.91 Å². The summed E-state index contributed by atoms with van der Waals surface area (Å²) in [5.41, 5.74) is 2.55. The van der Waals surface area contributed by atoms with Gasteiger partial charge in [-0.2, -0.15) is 5.10 Å². The molecular formula is C22H21FN4O3. The van der Waals surface area contributed by atoms with Crippen molar-refractivity contribution in [1.82, 2.24) is 9.78 Å². The molecule has 0 bridgehead atoms. The zero-order chi connectivity index (χ0) is 21.3. The van der Waals surface area contributed by atoms with Gasteiger partial charge in [-0.1, -0.05) is 31.2 Å². The Balaban J connectivity index is 1.63. The van der Waals surface area contributed by atoms with E-state index in [1.165, 1.54) is 18.2 Å². The molecule has 1 aromatic heterocycles. The molecular weight excluding hydrogens is 387 g/mol. The summed E-state index contributed by atoms with van der Waals surface area (Å²) in [6, 6.07) is 12.6. The van der Waals surface area contributed by atoms with E-state index in [0.717, 1.165) is 16.8 Å². The molecule has 1 aliphatic heterocycles. The van der Waals surface area contributed by atoms with Gasteiger partial charge in [-0.25, -0.2) is 9.07 Å². The number of nitrogens with one attached hydrogen (secondary N) is 2.